The van der Waals surface area contributed by atoms with Gasteiger partial charge in [-0.1, -0.05) is 30.4 Å². The normalized spacial score (nSPS) is 10.9. The van der Waals surface area contributed by atoms with Gasteiger partial charge in [0.25, 0.3) is 0 Å². The fraction of sp³-hybridized carbons (Fsp3) is 0.286. The van der Waals surface area contributed by atoms with Crippen LogP contribution < -0.4 is 5.73 Å². The highest BCUT2D eigenvalue weighted by molar-refractivity contribution is 7.80. The Morgan fingerprint density at radius 3 is 2.79 bits per heavy atom. The molecule has 100 valence electrons. The molecule has 0 bridgehead atoms. The van der Waals surface area contributed by atoms with Crippen LogP contribution in [0.15, 0.2) is 36.5 Å². The van der Waals surface area contributed by atoms with Crippen molar-refractivity contribution in [1.29, 1.82) is 0 Å². The summed E-state index contributed by atoms with van der Waals surface area (Å²) in [5.74, 6) is 0. The minimum Gasteiger partial charge on any atom is -0.389 e. The van der Waals surface area contributed by atoms with Gasteiger partial charge < -0.3 is 5.73 Å². The summed E-state index contributed by atoms with van der Waals surface area (Å²) in [6, 6.07) is 10.1. The largest absolute Gasteiger partial charge is 0.389 e. The van der Waals surface area contributed by atoms with E-state index in [-0.39, 0.29) is 0 Å². The van der Waals surface area contributed by atoms with Crippen LogP contribution in [0.5, 0.6) is 0 Å². The number of aromatic nitrogens is 2. The average molecular weight is 274 g/mol. The first-order valence-electron chi connectivity index (χ1n) is 6.10. The van der Waals surface area contributed by atoms with Gasteiger partial charge in [-0.05, 0) is 24.7 Å². The maximum Gasteiger partial charge on any atom is 0.103 e. The van der Waals surface area contributed by atoms with Crippen LogP contribution in [0.1, 0.15) is 16.8 Å². The van der Waals surface area contributed by atoms with E-state index >= 15 is 0 Å². The number of hydrogen-bond acceptors (Lipinski definition) is 3. The number of nitrogens with two attached hydrogens (primary N) is 1. The third-order valence-corrected chi connectivity index (χ3v) is 3.10. The van der Waals surface area contributed by atoms with Crippen molar-refractivity contribution in [2.45, 2.75) is 13.1 Å². The molecule has 0 aliphatic heterocycles. The van der Waals surface area contributed by atoms with Crippen LogP contribution in [0.3, 0.4) is 0 Å². The number of rotatable bonds is 5. The van der Waals surface area contributed by atoms with Gasteiger partial charge in [0.15, 0.2) is 0 Å². The first-order valence-corrected chi connectivity index (χ1v) is 6.51. The van der Waals surface area contributed by atoms with Crippen LogP contribution in [0.25, 0.3) is 0 Å². The van der Waals surface area contributed by atoms with Crippen LogP contribution in [-0.4, -0.2) is 26.7 Å². The van der Waals surface area contributed by atoms with Crippen LogP contribution in [0.4, 0.5) is 0 Å². The first kappa shape index (κ1) is 13.7. The lowest BCUT2D eigenvalue weighted by molar-refractivity contribution is 0.314. The van der Waals surface area contributed by atoms with Crippen LogP contribution in [-0.2, 0) is 20.1 Å². The van der Waals surface area contributed by atoms with E-state index in [2.05, 4.69) is 23.1 Å². The van der Waals surface area contributed by atoms with Crippen LogP contribution in [0.2, 0.25) is 0 Å². The van der Waals surface area contributed by atoms with E-state index in [1.165, 1.54) is 5.56 Å². The molecule has 2 N–H and O–H groups in total. The Hall–Kier alpha value is -1.72. The molecule has 1 aromatic carbocycles. The molecule has 0 saturated heterocycles. The van der Waals surface area contributed by atoms with Gasteiger partial charge in [-0.3, -0.25) is 9.58 Å². The molecule has 0 aliphatic rings. The molecule has 1 aromatic heterocycles. The van der Waals surface area contributed by atoms with Gasteiger partial charge in [0, 0.05) is 31.9 Å². The second-order valence-corrected chi connectivity index (χ2v) is 5.16. The fourth-order valence-corrected chi connectivity index (χ4v) is 2.14. The van der Waals surface area contributed by atoms with Crippen molar-refractivity contribution >= 4 is 17.2 Å². The molecule has 0 amide bonds. The summed E-state index contributed by atoms with van der Waals surface area (Å²) in [6.45, 7) is 1.66. The van der Waals surface area contributed by atoms with E-state index < -0.39 is 0 Å². The van der Waals surface area contributed by atoms with E-state index in [4.69, 9.17) is 18.0 Å². The highest BCUT2D eigenvalue weighted by Gasteiger charge is 2.05. The molecular weight excluding hydrogens is 256 g/mol. The lowest BCUT2D eigenvalue weighted by Crippen LogP contribution is -2.18. The number of thiocarbonyl (C=S) groups is 1. The summed E-state index contributed by atoms with van der Waals surface area (Å²) in [7, 11) is 4.00. The molecule has 4 nitrogen and oxygen atoms in total. The third kappa shape index (κ3) is 3.87. The lowest BCUT2D eigenvalue weighted by Gasteiger charge is -2.15. The van der Waals surface area contributed by atoms with Gasteiger partial charge in [0.05, 0.1) is 5.69 Å². The molecule has 5 heteroatoms. The molecule has 2 rings (SSSR count). The highest BCUT2D eigenvalue weighted by Crippen LogP contribution is 2.09. The van der Waals surface area contributed by atoms with Gasteiger partial charge in [-0.15, -0.1) is 0 Å². The molecule has 0 unspecified atom stereocenters. The van der Waals surface area contributed by atoms with Crippen molar-refractivity contribution in [2.24, 2.45) is 12.8 Å². The van der Waals surface area contributed by atoms with E-state index in [1.54, 1.807) is 0 Å². The Kier molecular flexibility index (Phi) is 4.29. The zero-order valence-corrected chi connectivity index (χ0v) is 12.0. The van der Waals surface area contributed by atoms with Gasteiger partial charge in [0.2, 0.25) is 0 Å². The zero-order chi connectivity index (χ0) is 13.8. The van der Waals surface area contributed by atoms with Gasteiger partial charge in [0.1, 0.15) is 4.99 Å². The minimum absolute atomic E-state index is 0.439. The van der Waals surface area contributed by atoms with Crippen molar-refractivity contribution in [1.82, 2.24) is 14.7 Å². The van der Waals surface area contributed by atoms with Crippen LogP contribution >= 0.6 is 12.2 Å². The van der Waals surface area contributed by atoms with Crippen molar-refractivity contribution in [3.8, 4) is 0 Å². The molecule has 0 aliphatic carbocycles. The fourth-order valence-electron chi connectivity index (χ4n) is 2.01. The van der Waals surface area contributed by atoms with Crippen molar-refractivity contribution in [3.05, 3.63) is 53.3 Å². The maximum absolute atomic E-state index is 5.64. The van der Waals surface area contributed by atoms with E-state index in [0.29, 0.717) is 4.99 Å². The number of hydrogen-bond donors (Lipinski definition) is 1. The monoisotopic (exact) mass is 274 g/mol. The number of aryl methyl sites for hydroxylation is 1. The molecule has 0 fully saturated rings. The summed E-state index contributed by atoms with van der Waals surface area (Å²) in [6.07, 6.45) is 1.96. The smallest absolute Gasteiger partial charge is 0.103 e. The van der Waals surface area contributed by atoms with E-state index in [1.807, 2.05) is 42.2 Å². The van der Waals surface area contributed by atoms with Gasteiger partial charge in [-0.25, -0.2) is 0 Å². The number of benzene rings is 1. The first-order chi connectivity index (χ1) is 9.04. The summed E-state index contributed by atoms with van der Waals surface area (Å²) in [5, 5.41) is 4.37. The second-order valence-electron chi connectivity index (χ2n) is 4.72. The number of nitrogens with zero attached hydrogens (tertiary/aromatic N) is 3. The molecule has 0 atom stereocenters. The highest BCUT2D eigenvalue weighted by atomic mass is 32.1. The van der Waals surface area contributed by atoms with Crippen molar-refractivity contribution in [3.63, 3.8) is 0 Å². The third-order valence-electron chi connectivity index (χ3n) is 2.86. The van der Waals surface area contributed by atoms with E-state index in [9.17, 15) is 0 Å². The molecule has 0 spiro atoms. The SMILES string of the molecule is CN(Cc1cccc(C(N)=S)c1)Cc1ccn(C)n1. The molecule has 0 saturated carbocycles. The Balaban J connectivity index is 2.00. The maximum atomic E-state index is 5.64. The Bertz CT molecular complexity index is 576. The quantitative estimate of drug-likeness (QED) is 0.843. The molecule has 19 heavy (non-hydrogen) atoms. The molecule has 2 aromatic rings. The Morgan fingerprint density at radius 2 is 2.16 bits per heavy atom. The van der Waals surface area contributed by atoms with Crippen molar-refractivity contribution < 1.29 is 0 Å². The summed E-state index contributed by atoms with van der Waals surface area (Å²) in [5.41, 5.74) is 8.82. The van der Waals surface area contributed by atoms with Crippen molar-refractivity contribution in [2.75, 3.05) is 7.05 Å². The summed E-state index contributed by atoms with van der Waals surface area (Å²) < 4.78 is 1.82. The standard InChI is InChI=1S/C14H18N4S/c1-17(10-13-6-7-18(2)16-13)9-11-4-3-5-12(8-11)14(15)19/h3-8H,9-10H2,1-2H3,(H2,15,19). The molecular formula is C14H18N4S. The topological polar surface area (TPSA) is 47.1 Å². The van der Waals surface area contributed by atoms with E-state index in [0.717, 1.165) is 24.3 Å². The zero-order valence-electron chi connectivity index (χ0n) is 11.2. The lowest BCUT2D eigenvalue weighted by atomic mass is 10.1. The Morgan fingerprint density at radius 1 is 1.37 bits per heavy atom. The minimum atomic E-state index is 0.439. The van der Waals surface area contributed by atoms with Gasteiger partial charge in [-0.2, -0.15) is 5.10 Å². The Labute approximate surface area is 118 Å². The second kappa shape index (κ2) is 5.95. The van der Waals surface area contributed by atoms with Crippen LogP contribution in [0, 0.1) is 0 Å². The molecule has 1 heterocycles. The van der Waals surface area contributed by atoms with Gasteiger partial charge >= 0.3 is 0 Å². The average Bonchev–Trinajstić information content (AvgIpc) is 2.74. The molecule has 0 radical (unpaired) electrons. The summed E-state index contributed by atoms with van der Waals surface area (Å²) in [4.78, 5) is 2.65. The predicted molar refractivity (Wildman–Crippen MR) is 80.7 cm³/mol. The summed E-state index contributed by atoms with van der Waals surface area (Å²) >= 11 is 4.99. The predicted octanol–water partition coefficient (Wildman–Crippen LogP) is 1.69.